The number of urea groups is 1. The summed E-state index contributed by atoms with van der Waals surface area (Å²) in [4.78, 5) is 19.4. The van der Waals surface area contributed by atoms with E-state index in [9.17, 15) is 4.79 Å². The Morgan fingerprint density at radius 2 is 2.25 bits per heavy atom. The van der Waals surface area contributed by atoms with Crippen LogP contribution in [0.2, 0.25) is 0 Å². The molecule has 0 atom stereocenters. The monoisotopic (exact) mass is 295 g/mol. The van der Waals surface area contributed by atoms with Gasteiger partial charge in [-0.2, -0.15) is 0 Å². The van der Waals surface area contributed by atoms with Gasteiger partial charge in [0.2, 0.25) is 0 Å². The molecule has 6 heteroatoms. The van der Waals surface area contributed by atoms with Crippen molar-refractivity contribution in [2.24, 2.45) is 5.41 Å². The van der Waals surface area contributed by atoms with Crippen LogP contribution >= 0.6 is 11.3 Å². The molecule has 3 rings (SSSR count). The number of hydrogen-bond acceptors (Lipinski definition) is 4. The third kappa shape index (κ3) is 2.54. The van der Waals surface area contributed by atoms with Gasteiger partial charge in [0.25, 0.3) is 0 Å². The first-order valence-corrected chi connectivity index (χ1v) is 7.80. The topological polar surface area (TPSA) is 54.5 Å². The molecule has 0 bridgehead atoms. The number of carbonyl (C=O) groups excluding carboxylic acids is 1. The summed E-state index contributed by atoms with van der Waals surface area (Å²) < 4.78 is 5.42. The van der Waals surface area contributed by atoms with E-state index in [4.69, 9.17) is 4.74 Å². The molecule has 3 heterocycles. The molecule has 2 aliphatic rings. The van der Waals surface area contributed by atoms with Gasteiger partial charge in [-0.15, -0.1) is 11.3 Å². The number of thiazole rings is 1. The lowest BCUT2D eigenvalue weighted by molar-refractivity contribution is 0.0255. The highest BCUT2D eigenvalue weighted by Gasteiger charge is 2.47. The summed E-state index contributed by atoms with van der Waals surface area (Å²) in [6.45, 7) is 9.66. The SMILES string of the molecule is CC(C)(C)c1cnc(NC(=O)N2CC3(CCOC3)C2)s1. The standard InChI is InChI=1S/C14H21N3O2S/c1-13(2,3)10-6-15-11(20-10)16-12(18)17-7-14(8-17)4-5-19-9-14/h6H,4-5,7-9H2,1-3H3,(H,15,16,18). The number of ether oxygens (including phenoxy) is 1. The minimum Gasteiger partial charge on any atom is -0.381 e. The van der Waals surface area contributed by atoms with Crippen molar-refractivity contribution in [3.05, 3.63) is 11.1 Å². The van der Waals surface area contributed by atoms with Crippen molar-refractivity contribution in [2.45, 2.75) is 32.6 Å². The Bertz CT molecular complexity index is 507. The summed E-state index contributed by atoms with van der Waals surface area (Å²) in [5.41, 5.74) is 0.305. The number of anilines is 1. The summed E-state index contributed by atoms with van der Waals surface area (Å²) >= 11 is 1.55. The molecule has 2 amide bonds. The number of likely N-dealkylation sites (tertiary alicyclic amines) is 1. The summed E-state index contributed by atoms with van der Waals surface area (Å²) in [7, 11) is 0. The van der Waals surface area contributed by atoms with Crippen molar-refractivity contribution in [1.29, 1.82) is 0 Å². The molecule has 20 heavy (non-hydrogen) atoms. The Balaban J connectivity index is 1.56. The van der Waals surface area contributed by atoms with Crippen LogP contribution in [0.4, 0.5) is 9.93 Å². The number of rotatable bonds is 1. The highest BCUT2D eigenvalue weighted by Crippen LogP contribution is 2.38. The quantitative estimate of drug-likeness (QED) is 0.866. The zero-order valence-corrected chi connectivity index (χ0v) is 13.0. The van der Waals surface area contributed by atoms with Gasteiger partial charge >= 0.3 is 6.03 Å². The molecule has 2 saturated heterocycles. The van der Waals surface area contributed by atoms with E-state index in [1.807, 2.05) is 11.1 Å². The number of aromatic nitrogens is 1. The normalized spacial score (nSPS) is 21.1. The van der Waals surface area contributed by atoms with Crippen LogP contribution in [0.3, 0.4) is 0 Å². The Morgan fingerprint density at radius 3 is 2.80 bits per heavy atom. The number of hydrogen-bond donors (Lipinski definition) is 1. The molecule has 1 aromatic heterocycles. The fourth-order valence-electron chi connectivity index (χ4n) is 2.66. The average molecular weight is 295 g/mol. The van der Waals surface area contributed by atoms with Gasteiger partial charge in [-0.05, 0) is 11.8 Å². The van der Waals surface area contributed by atoms with Crippen LogP contribution in [0.15, 0.2) is 6.20 Å². The molecule has 0 radical (unpaired) electrons. The molecule has 0 saturated carbocycles. The van der Waals surface area contributed by atoms with Crippen molar-refractivity contribution in [1.82, 2.24) is 9.88 Å². The Labute approximate surface area is 123 Å². The fourth-order valence-corrected chi connectivity index (χ4v) is 3.52. The number of nitrogens with one attached hydrogen (secondary N) is 1. The van der Waals surface area contributed by atoms with Crippen molar-refractivity contribution in [3.63, 3.8) is 0 Å². The lowest BCUT2D eigenvalue weighted by atomic mass is 9.79. The molecule has 0 aliphatic carbocycles. The van der Waals surface area contributed by atoms with Gasteiger partial charge in [0.05, 0.1) is 6.61 Å². The van der Waals surface area contributed by atoms with Gasteiger partial charge in [0.15, 0.2) is 5.13 Å². The third-order valence-electron chi connectivity index (χ3n) is 3.98. The maximum Gasteiger partial charge on any atom is 0.323 e. The van der Waals surface area contributed by atoms with E-state index in [0.717, 1.165) is 32.7 Å². The zero-order chi connectivity index (χ0) is 14.4. The second-order valence-electron chi connectivity index (χ2n) is 6.87. The third-order valence-corrected chi connectivity index (χ3v) is 5.32. The summed E-state index contributed by atoms with van der Waals surface area (Å²) in [5.74, 6) is 0. The van der Waals surface area contributed by atoms with Gasteiger partial charge in [0, 0.05) is 36.2 Å². The molecule has 0 aromatic carbocycles. The van der Waals surface area contributed by atoms with Crippen LogP contribution in [-0.2, 0) is 10.2 Å². The van der Waals surface area contributed by atoms with E-state index in [0.29, 0.717) is 5.13 Å². The first-order chi connectivity index (χ1) is 9.38. The molecule has 1 spiro atoms. The Morgan fingerprint density at radius 1 is 1.50 bits per heavy atom. The summed E-state index contributed by atoms with van der Waals surface area (Å²) in [5, 5.41) is 3.58. The number of nitrogens with zero attached hydrogens (tertiary/aromatic N) is 2. The maximum atomic E-state index is 12.1. The van der Waals surface area contributed by atoms with E-state index < -0.39 is 0 Å². The van der Waals surface area contributed by atoms with Crippen LogP contribution in [0.1, 0.15) is 32.1 Å². The van der Waals surface area contributed by atoms with Crippen LogP contribution < -0.4 is 5.32 Å². The smallest absolute Gasteiger partial charge is 0.323 e. The molecule has 2 fully saturated rings. The maximum absolute atomic E-state index is 12.1. The van der Waals surface area contributed by atoms with E-state index in [1.165, 1.54) is 4.88 Å². The molecule has 2 aliphatic heterocycles. The molecule has 0 unspecified atom stereocenters. The van der Waals surface area contributed by atoms with E-state index in [2.05, 4.69) is 31.1 Å². The lowest BCUT2D eigenvalue weighted by Gasteiger charge is -2.46. The molecule has 1 aromatic rings. The first-order valence-electron chi connectivity index (χ1n) is 6.98. The lowest BCUT2D eigenvalue weighted by Crippen LogP contribution is -2.59. The van der Waals surface area contributed by atoms with Gasteiger partial charge in [-0.3, -0.25) is 5.32 Å². The van der Waals surface area contributed by atoms with E-state index in [1.54, 1.807) is 11.3 Å². The highest BCUT2D eigenvalue weighted by atomic mass is 32.1. The molecular weight excluding hydrogens is 274 g/mol. The largest absolute Gasteiger partial charge is 0.381 e. The van der Waals surface area contributed by atoms with Gasteiger partial charge in [-0.25, -0.2) is 9.78 Å². The van der Waals surface area contributed by atoms with Crippen molar-refractivity contribution in [3.8, 4) is 0 Å². The second kappa shape index (κ2) is 4.70. The van der Waals surface area contributed by atoms with E-state index >= 15 is 0 Å². The minimum absolute atomic E-state index is 0.0441. The average Bonchev–Trinajstić information content (AvgIpc) is 2.93. The molecule has 110 valence electrons. The number of amides is 2. The highest BCUT2D eigenvalue weighted by molar-refractivity contribution is 7.15. The Hall–Kier alpha value is -1.14. The zero-order valence-electron chi connectivity index (χ0n) is 12.2. The van der Waals surface area contributed by atoms with Crippen molar-refractivity contribution >= 4 is 22.5 Å². The first kappa shape index (κ1) is 13.8. The van der Waals surface area contributed by atoms with Gasteiger partial charge in [0.1, 0.15) is 0 Å². The fraction of sp³-hybridized carbons (Fsp3) is 0.714. The second-order valence-corrected chi connectivity index (χ2v) is 7.90. The van der Waals surface area contributed by atoms with E-state index in [-0.39, 0.29) is 16.9 Å². The summed E-state index contributed by atoms with van der Waals surface area (Å²) in [6.07, 6.45) is 2.92. The van der Waals surface area contributed by atoms with Gasteiger partial charge in [-0.1, -0.05) is 20.8 Å². The summed E-state index contributed by atoms with van der Waals surface area (Å²) in [6, 6.07) is -0.0441. The minimum atomic E-state index is -0.0441. The molecular formula is C14H21N3O2S. The number of carbonyl (C=O) groups is 1. The van der Waals surface area contributed by atoms with Gasteiger partial charge < -0.3 is 9.64 Å². The van der Waals surface area contributed by atoms with Crippen LogP contribution in [0.5, 0.6) is 0 Å². The predicted octanol–water partition coefficient (Wildman–Crippen LogP) is 2.69. The van der Waals surface area contributed by atoms with Crippen LogP contribution in [0, 0.1) is 5.41 Å². The predicted molar refractivity (Wildman–Crippen MR) is 79.3 cm³/mol. The Kier molecular flexibility index (Phi) is 3.25. The van der Waals surface area contributed by atoms with Crippen molar-refractivity contribution in [2.75, 3.05) is 31.6 Å². The molecule has 5 nitrogen and oxygen atoms in total. The van der Waals surface area contributed by atoms with Crippen LogP contribution in [-0.4, -0.2) is 42.2 Å². The molecule has 1 N–H and O–H groups in total. The van der Waals surface area contributed by atoms with Crippen molar-refractivity contribution < 1.29 is 9.53 Å². The van der Waals surface area contributed by atoms with Crippen LogP contribution in [0.25, 0.3) is 0 Å².